The molecular formula is C16H31. The number of hydrogen-bond acceptors (Lipinski definition) is 0. The standard InChI is InChI=1S/C16H31/c1-2-3-4-5-6-7-8-10-13-16-14-11-9-12-15-16/h16H,1-15H2. The molecule has 0 aromatic carbocycles. The fourth-order valence-electron chi connectivity index (χ4n) is 2.97. The lowest BCUT2D eigenvalue weighted by Gasteiger charge is -2.21. The lowest BCUT2D eigenvalue weighted by atomic mass is 9.85. The van der Waals surface area contributed by atoms with E-state index in [-0.39, 0.29) is 0 Å². The van der Waals surface area contributed by atoms with E-state index in [4.69, 9.17) is 0 Å². The lowest BCUT2D eigenvalue weighted by Crippen LogP contribution is -2.05. The van der Waals surface area contributed by atoms with Gasteiger partial charge in [0.25, 0.3) is 0 Å². The zero-order valence-corrected chi connectivity index (χ0v) is 11.2. The van der Waals surface area contributed by atoms with Crippen molar-refractivity contribution in [1.29, 1.82) is 0 Å². The van der Waals surface area contributed by atoms with Gasteiger partial charge in [0.2, 0.25) is 0 Å². The lowest BCUT2D eigenvalue weighted by molar-refractivity contribution is 0.328. The monoisotopic (exact) mass is 223 g/mol. The second-order valence-electron chi connectivity index (χ2n) is 5.62. The van der Waals surface area contributed by atoms with E-state index in [0.717, 1.165) is 12.3 Å². The van der Waals surface area contributed by atoms with Crippen LogP contribution in [0.15, 0.2) is 0 Å². The Labute approximate surface area is 103 Å². The van der Waals surface area contributed by atoms with Crippen LogP contribution in [-0.2, 0) is 0 Å². The molecule has 0 aliphatic heterocycles. The molecule has 1 fully saturated rings. The molecule has 1 rings (SSSR count). The third-order valence-electron chi connectivity index (χ3n) is 4.09. The molecule has 95 valence electrons. The largest absolute Gasteiger partial charge is 0.0533 e. The molecular weight excluding hydrogens is 192 g/mol. The minimum atomic E-state index is 1.10. The van der Waals surface area contributed by atoms with Gasteiger partial charge in [-0.05, 0) is 5.92 Å². The van der Waals surface area contributed by atoms with Crippen LogP contribution in [0.2, 0.25) is 0 Å². The van der Waals surface area contributed by atoms with Gasteiger partial charge in [-0.25, -0.2) is 0 Å². The Morgan fingerprint density at radius 2 is 1.25 bits per heavy atom. The van der Waals surface area contributed by atoms with E-state index < -0.39 is 0 Å². The van der Waals surface area contributed by atoms with Gasteiger partial charge < -0.3 is 0 Å². The van der Waals surface area contributed by atoms with Crippen LogP contribution in [0.4, 0.5) is 0 Å². The second-order valence-corrected chi connectivity index (χ2v) is 5.62. The quantitative estimate of drug-likeness (QED) is 0.426. The Hall–Kier alpha value is 0. The molecule has 0 heteroatoms. The van der Waals surface area contributed by atoms with E-state index in [2.05, 4.69) is 6.92 Å². The molecule has 0 aromatic rings. The maximum Gasteiger partial charge on any atom is -0.0414 e. The summed E-state index contributed by atoms with van der Waals surface area (Å²) in [5, 5.41) is 0. The summed E-state index contributed by atoms with van der Waals surface area (Å²) in [6.45, 7) is 3.88. The average Bonchev–Trinajstić information content (AvgIpc) is 2.34. The Morgan fingerprint density at radius 1 is 0.688 bits per heavy atom. The van der Waals surface area contributed by atoms with Crippen LogP contribution in [0.3, 0.4) is 0 Å². The summed E-state index contributed by atoms with van der Waals surface area (Å²) in [5.41, 5.74) is 0. The van der Waals surface area contributed by atoms with Crippen molar-refractivity contribution in [3.63, 3.8) is 0 Å². The number of unbranched alkanes of at least 4 members (excludes halogenated alkanes) is 7. The Kier molecular flexibility index (Phi) is 8.94. The smallest absolute Gasteiger partial charge is 0.0414 e. The number of rotatable bonds is 9. The van der Waals surface area contributed by atoms with Crippen molar-refractivity contribution in [1.82, 2.24) is 0 Å². The van der Waals surface area contributed by atoms with Crippen LogP contribution in [0, 0.1) is 12.8 Å². The molecule has 16 heavy (non-hydrogen) atoms. The SMILES string of the molecule is [CH2]CCCCCCCCCC1CCCCC1. The summed E-state index contributed by atoms with van der Waals surface area (Å²) in [6.07, 6.45) is 20.4. The zero-order valence-electron chi connectivity index (χ0n) is 11.2. The Bertz CT molecular complexity index is 133. The van der Waals surface area contributed by atoms with E-state index in [9.17, 15) is 0 Å². The van der Waals surface area contributed by atoms with Crippen LogP contribution >= 0.6 is 0 Å². The molecule has 0 bridgehead atoms. The normalized spacial score (nSPS) is 17.8. The summed E-state index contributed by atoms with van der Waals surface area (Å²) in [6, 6.07) is 0. The molecule has 0 unspecified atom stereocenters. The maximum atomic E-state index is 3.88. The molecule has 1 aliphatic carbocycles. The molecule has 0 spiro atoms. The predicted molar refractivity (Wildman–Crippen MR) is 73.5 cm³/mol. The van der Waals surface area contributed by atoms with Crippen LogP contribution in [0.5, 0.6) is 0 Å². The highest BCUT2D eigenvalue weighted by Gasteiger charge is 2.12. The third kappa shape index (κ3) is 7.30. The van der Waals surface area contributed by atoms with Gasteiger partial charge in [0, 0.05) is 0 Å². The maximum absolute atomic E-state index is 3.88. The number of hydrogen-bond donors (Lipinski definition) is 0. The van der Waals surface area contributed by atoms with Crippen LogP contribution in [-0.4, -0.2) is 0 Å². The fourth-order valence-corrected chi connectivity index (χ4v) is 2.97. The van der Waals surface area contributed by atoms with E-state index >= 15 is 0 Å². The molecule has 0 aromatic heterocycles. The van der Waals surface area contributed by atoms with Crippen LogP contribution < -0.4 is 0 Å². The van der Waals surface area contributed by atoms with Crippen molar-refractivity contribution in [3.05, 3.63) is 6.92 Å². The second kappa shape index (κ2) is 10.2. The summed E-state index contributed by atoms with van der Waals surface area (Å²) in [4.78, 5) is 0. The summed E-state index contributed by atoms with van der Waals surface area (Å²) < 4.78 is 0. The van der Waals surface area contributed by atoms with Gasteiger partial charge in [0.1, 0.15) is 0 Å². The van der Waals surface area contributed by atoms with Gasteiger partial charge in [0.05, 0.1) is 0 Å². The van der Waals surface area contributed by atoms with Crippen molar-refractivity contribution in [2.45, 2.75) is 89.9 Å². The molecule has 1 aliphatic rings. The van der Waals surface area contributed by atoms with Crippen molar-refractivity contribution >= 4 is 0 Å². The van der Waals surface area contributed by atoms with Crippen molar-refractivity contribution in [3.8, 4) is 0 Å². The highest BCUT2D eigenvalue weighted by molar-refractivity contribution is 4.65. The van der Waals surface area contributed by atoms with Gasteiger partial charge in [-0.3, -0.25) is 0 Å². The van der Waals surface area contributed by atoms with Crippen LogP contribution in [0.25, 0.3) is 0 Å². The van der Waals surface area contributed by atoms with Crippen molar-refractivity contribution in [2.24, 2.45) is 5.92 Å². The molecule has 0 amide bonds. The van der Waals surface area contributed by atoms with Crippen LogP contribution in [0.1, 0.15) is 89.9 Å². The molecule has 0 heterocycles. The van der Waals surface area contributed by atoms with E-state index in [0.29, 0.717) is 0 Å². The first-order valence-corrected chi connectivity index (χ1v) is 7.72. The van der Waals surface area contributed by atoms with Gasteiger partial charge in [0.15, 0.2) is 0 Å². The van der Waals surface area contributed by atoms with Crippen molar-refractivity contribution in [2.75, 3.05) is 0 Å². The topological polar surface area (TPSA) is 0 Å². The fraction of sp³-hybridized carbons (Fsp3) is 0.938. The molecule has 0 atom stereocenters. The van der Waals surface area contributed by atoms with Gasteiger partial charge in [-0.2, -0.15) is 0 Å². The minimum Gasteiger partial charge on any atom is -0.0533 e. The van der Waals surface area contributed by atoms with E-state index in [1.165, 1.54) is 83.5 Å². The third-order valence-corrected chi connectivity index (χ3v) is 4.09. The van der Waals surface area contributed by atoms with Crippen molar-refractivity contribution < 1.29 is 0 Å². The first kappa shape index (κ1) is 14.1. The van der Waals surface area contributed by atoms with E-state index in [1.54, 1.807) is 0 Å². The average molecular weight is 223 g/mol. The zero-order chi connectivity index (χ0) is 11.5. The minimum absolute atomic E-state index is 1.10. The highest BCUT2D eigenvalue weighted by Crippen LogP contribution is 2.28. The summed E-state index contributed by atoms with van der Waals surface area (Å²) in [7, 11) is 0. The van der Waals surface area contributed by atoms with Gasteiger partial charge >= 0.3 is 0 Å². The molecule has 0 saturated heterocycles. The summed E-state index contributed by atoms with van der Waals surface area (Å²) >= 11 is 0. The first-order chi connectivity index (χ1) is 7.93. The Balaban J connectivity index is 1.77. The highest BCUT2D eigenvalue weighted by atomic mass is 14.2. The molecule has 1 radical (unpaired) electrons. The Morgan fingerprint density at radius 3 is 1.88 bits per heavy atom. The molecule has 0 N–H and O–H groups in total. The van der Waals surface area contributed by atoms with Gasteiger partial charge in [-0.15, -0.1) is 0 Å². The van der Waals surface area contributed by atoms with Gasteiger partial charge in [-0.1, -0.05) is 96.8 Å². The molecule has 1 saturated carbocycles. The molecule has 0 nitrogen and oxygen atoms in total. The summed E-state index contributed by atoms with van der Waals surface area (Å²) in [5.74, 6) is 1.10. The first-order valence-electron chi connectivity index (χ1n) is 7.72. The van der Waals surface area contributed by atoms with E-state index in [1.807, 2.05) is 0 Å². The predicted octanol–water partition coefficient (Wildman–Crippen LogP) is 5.91.